The van der Waals surface area contributed by atoms with Crippen molar-refractivity contribution >= 4 is 46.2 Å². The molecule has 0 aromatic rings. The van der Waals surface area contributed by atoms with Crippen molar-refractivity contribution in [2.45, 2.75) is 0 Å². The molecule has 0 saturated heterocycles. The molecule has 0 aliphatic carbocycles. The fraction of sp³-hybridized carbons (Fsp3) is 0.500. The molecule has 0 heterocycles. The summed E-state index contributed by atoms with van der Waals surface area (Å²) in [6, 6.07) is 0. The van der Waals surface area contributed by atoms with Crippen molar-refractivity contribution in [3.63, 3.8) is 0 Å². The predicted octanol–water partition coefficient (Wildman–Crippen LogP) is 2.38. The standard InChI is InChI=1S/C2H3Cl3O2S/c3-8(4,5)2-7-1-6/h1H,2H2. The average Bonchev–Trinajstić information content (AvgIpc) is 1.59. The van der Waals surface area contributed by atoms with Gasteiger partial charge in [0.1, 0.15) is 0 Å². The van der Waals surface area contributed by atoms with Crippen LogP contribution in [-0.2, 0) is 9.53 Å². The Morgan fingerprint density at radius 2 is 2.00 bits per heavy atom. The minimum absolute atomic E-state index is 0.124. The SMILES string of the molecule is O=COCS(Cl)(Cl)Cl. The second kappa shape index (κ2) is 3.67. The van der Waals surface area contributed by atoms with Crippen molar-refractivity contribution < 1.29 is 9.53 Å². The summed E-state index contributed by atoms with van der Waals surface area (Å²) in [6.07, 6.45) is 0. The molecule has 0 aliphatic heterocycles. The van der Waals surface area contributed by atoms with Crippen LogP contribution in [-0.4, -0.2) is 12.4 Å². The molecule has 2 nitrogen and oxygen atoms in total. The summed E-state index contributed by atoms with van der Waals surface area (Å²) < 4.78 is 4.16. The molecule has 0 atom stereocenters. The fourth-order valence-corrected chi connectivity index (χ4v) is 0.778. The van der Waals surface area contributed by atoms with Crippen LogP contribution in [0.1, 0.15) is 0 Å². The van der Waals surface area contributed by atoms with Crippen molar-refractivity contribution in [1.82, 2.24) is 0 Å². The first-order chi connectivity index (χ1) is 3.56. The number of rotatable bonds is 3. The maximum absolute atomic E-state index is 9.47. The number of carbonyl (C=O) groups excluding carboxylic acids is 1. The lowest BCUT2D eigenvalue weighted by atomic mass is 11.5. The van der Waals surface area contributed by atoms with E-state index in [4.69, 9.17) is 32.0 Å². The van der Waals surface area contributed by atoms with E-state index >= 15 is 0 Å². The van der Waals surface area contributed by atoms with Crippen molar-refractivity contribution in [2.75, 3.05) is 5.94 Å². The summed E-state index contributed by atoms with van der Waals surface area (Å²) >= 11 is 0. The van der Waals surface area contributed by atoms with Gasteiger partial charge >= 0.3 is 0 Å². The third-order valence-corrected chi connectivity index (χ3v) is 1.47. The molecular formula is C2H3Cl3O2S. The van der Waals surface area contributed by atoms with Crippen LogP contribution < -0.4 is 0 Å². The highest BCUT2D eigenvalue weighted by molar-refractivity contribution is 8.78. The van der Waals surface area contributed by atoms with E-state index in [1.165, 1.54) is 0 Å². The molecule has 0 amide bonds. The zero-order chi connectivity index (χ0) is 6.62. The smallest absolute Gasteiger partial charge is 0.293 e. The first kappa shape index (κ1) is 8.69. The van der Waals surface area contributed by atoms with Gasteiger partial charge < -0.3 is 4.74 Å². The van der Waals surface area contributed by atoms with Crippen molar-refractivity contribution in [3.8, 4) is 0 Å². The van der Waals surface area contributed by atoms with Gasteiger partial charge in [0.05, 0.1) is 0 Å². The molecule has 0 saturated carbocycles. The molecule has 0 spiro atoms. The number of halogens is 3. The van der Waals surface area contributed by atoms with E-state index in [1.54, 1.807) is 0 Å². The maximum atomic E-state index is 9.47. The van der Waals surface area contributed by atoms with E-state index in [-0.39, 0.29) is 12.4 Å². The van der Waals surface area contributed by atoms with Crippen LogP contribution in [0.5, 0.6) is 0 Å². The summed E-state index contributed by atoms with van der Waals surface area (Å²) in [4.78, 5) is 9.47. The van der Waals surface area contributed by atoms with E-state index in [0.717, 1.165) is 0 Å². The van der Waals surface area contributed by atoms with Gasteiger partial charge in [-0.3, -0.25) is 4.79 Å². The summed E-state index contributed by atoms with van der Waals surface area (Å²) in [6.45, 7) is 0.245. The molecule has 0 unspecified atom stereocenters. The zero-order valence-electron chi connectivity index (χ0n) is 3.64. The predicted molar refractivity (Wildman–Crippen MR) is 37.2 cm³/mol. The first-order valence-electron chi connectivity index (χ1n) is 1.51. The van der Waals surface area contributed by atoms with Crippen LogP contribution in [0.4, 0.5) is 0 Å². The quantitative estimate of drug-likeness (QED) is 0.650. The Morgan fingerprint density at radius 3 is 2.12 bits per heavy atom. The summed E-state index contributed by atoms with van der Waals surface area (Å²) in [5, 5.41) is 0. The highest BCUT2D eigenvalue weighted by Crippen LogP contribution is 2.62. The highest BCUT2D eigenvalue weighted by atomic mass is 36.2. The summed E-state index contributed by atoms with van der Waals surface area (Å²) in [7, 11) is 13.5. The van der Waals surface area contributed by atoms with Gasteiger partial charge in [-0.05, 0) is 32.0 Å². The minimum atomic E-state index is -2.22. The van der Waals surface area contributed by atoms with Gasteiger partial charge in [0.15, 0.2) is 5.94 Å². The van der Waals surface area contributed by atoms with Crippen LogP contribution >= 0.6 is 39.7 Å². The Morgan fingerprint density at radius 1 is 1.50 bits per heavy atom. The van der Waals surface area contributed by atoms with E-state index in [1.807, 2.05) is 0 Å². The van der Waals surface area contributed by atoms with Crippen LogP contribution in [0.25, 0.3) is 0 Å². The molecule has 0 radical (unpaired) electrons. The Hall–Kier alpha value is 0.690. The zero-order valence-corrected chi connectivity index (χ0v) is 6.73. The van der Waals surface area contributed by atoms with Gasteiger partial charge in [-0.25, -0.2) is 0 Å². The van der Waals surface area contributed by atoms with Crippen LogP contribution in [0.3, 0.4) is 0 Å². The van der Waals surface area contributed by atoms with Crippen molar-refractivity contribution in [1.29, 1.82) is 0 Å². The molecule has 0 N–H and O–H groups in total. The molecule has 50 valence electrons. The molecule has 0 aromatic carbocycles. The summed E-state index contributed by atoms with van der Waals surface area (Å²) in [5.41, 5.74) is 0. The lowest BCUT2D eigenvalue weighted by Gasteiger charge is -2.11. The minimum Gasteiger partial charge on any atom is -0.455 e. The van der Waals surface area contributed by atoms with Crippen LogP contribution in [0, 0.1) is 0 Å². The largest absolute Gasteiger partial charge is 0.455 e. The van der Waals surface area contributed by atoms with Gasteiger partial charge in [-0.15, -0.1) is 0 Å². The molecule has 0 aromatic heterocycles. The highest BCUT2D eigenvalue weighted by Gasteiger charge is 2.12. The van der Waals surface area contributed by atoms with Gasteiger partial charge in [0, 0.05) is 7.67 Å². The van der Waals surface area contributed by atoms with Gasteiger partial charge in [-0.1, -0.05) is 0 Å². The van der Waals surface area contributed by atoms with E-state index in [9.17, 15) is 4.79 Å². The van der Waals surface area contributed by atoms with E-state index < -0.39 is 7.67 Å². The second-order valence-electron chi connectivity index (χ2n) is 0.883. The average molecular weight is 197 g/mol. The molecule has 6 heteroatoms. The van der Waals surface area contributed by atoms with Crippen molar-refractivity contribution in [2.24, 2.45) is 0 Å². The molecule has 0 aliphatic rings. The second-order valence-corrected chi connectivity index (χ2v) is 8.29. The lowest BCUT2D eigenvalue weighted by molar-refractivity contribution is -0.126. The fourth-order valence-electron chi connectivity index (χ4n) is 0.105. The molecule has 0 fully saturated rings. The Balaban J connectivity index is 3.24. The van der Waals surface area contributed by atoms with Crippen LogP contribution in [0.2, 0.25) is 0 Å². The number of carbonyl (C=O) groups is 1. The Bertz CT molecular complexity index is 79.8. The Kier molecular flexibility index (Phi) is 3.98. The van der Waals surface area contributed by atoms with E-state index in [0.29, 0.717) is 0 Å². The normalized spacial score (nSPS) is 12.9. The van der Waals surface area contributed by atoms with Gasteiger partial charge in [0.2, 0.25) is 0 Å². The number of hydrogen-bond donors (Lipinski definition) is 0. The van der Waals surface area contributed by atoms with Gasteiger partial charge in [-0.2, -0.15) is 0 Å². The maximum Gasteiger partial charge on any atom is 0.293 e. The molecular weight excluding hydrogens is 194 g/mol. The third-order valence-electron chi connectivity index (χ3n) is 0.270. The monoisotopic (exact) mass is 196 g/mol. The van der Waals surface area contributed by atoms with Crippen molar-refractivity contribution in [3.05, 3.63) is 0 Å². The number of hydrogen-bond acceptors (Lipinski definition) is 2. The third kappa shape index (κ3) is 6.69. The topological polar surface area (TPSA) is 26.3 Å². The lowest BCUT2D eigenvalue weighted by Crippen LogP contribution is -1.88. The number of ether oxygens (including phenoxy) is 1. The molecule has 0 rings (SSSR count). The molecule has 0 bridgehead atoms. The molecule has 8 heavy (non-hydrogen) atoms. The first-order valence-corrected chi connectivity index (χ1v) is 5.79. The van der Waals surface area contributed by atoms with E-state index in [2.05, 4.69) is 4.74 Å². The van der Waals surface area contributed by atoms with Crippen LogP contribution in [0.15, 0.2) is 0 Å². The van der Waals surface area contributed by atoms with Gasteiger partial charge in [0.25, 0.3) is 6.47 Å². The Labute approximate surface area is 61.9 Å². The summed E-state index contributed by atoms with van der Waals surface area (Å²) in [5.74, 6) is -0.124.